The lowest BCUT2D eigenvalue weighted by molar-refractivity contribution is 0.0591. The number of hydrogen-bond acceptors (Lipinski definition) is 3. The molecule has 0 saturated carbocycles. The number of carbonyl (C=O) groups is 1. The van der Waals surface area contributed by atoms with Crippen LogP contribution in [-0.4, -0.2) is 18.8 Å². The molecule has 0 unspecified atom stereocenters. The van der Waals surface area contributed by atoms with Crippen molar-refractivity contribution in [3.63, 3.8) is 0 Å². The van der Waals surface area contributed by atoms with Crippen LogP contribution in [0.25, 0.3) is 0 Å². The van der Waals surface area contributed by atoms with Gasteiger partial charge in [0.2, 0.25) is 0 Å². The van der Waals surface area contributed by atoms with E-state index in [2.05, 4.69) is 31.4 Å². The number of methoxy groups -OCH3 is 1. The third kappa shape index (κ3) is 7.18. The quantitative estimate of drug-likeness (QED) is 0.402. The highest BCUT2D eigenvalue weighted by atomic mass is 16.6. The molecule has 2 aromatic rings. The summed E-state index contributed by atoms with van der Waals surface area (Å²) in [6.45, 7) is 13.4. The number of carbonyl (C=O) groups excluding carboxylic acids is 1. The number of amides is 1. The normalized spacial score (nSPS) is 12.6. The molecule has 31 heavy (non-hydrogen) atoms. The van der Waals surface area contributed by atoms with Gasteiger partial charge in [-0.3, -0.25) is 4.90 Å². The molecule has 0 N–H and O–H groups in total. The van der Waals surface area contributed by atoms with Gasteiger partial charge in [0.1, 0.15) is 11.4 Å². The van der Waals surface area contributed by atoms with E-state index in [4.69, 9.17) is 9.47 Å². The molecule has 4 heteroatoms. The lowest BCUT2D eigenvalue weighted by Crippen LogP contribution is -2.36. The average Bonchev–Trinajstić information content (AvgIpc) is 2.73. The fourth-order valence-electron chi connectivity index (χ4n) is 3.22. The van der Waals surface area contributed by atoms with Crippen molar-refractivity contribution in [1.29, 1.82) is 0 Å². The molecule has 1 atom stereocenters. The second-order valence-electron chi connectivity index (χ2n) is 8.21. The van der Waals surface area contributed by atoms with Gasteiger partial charge in [-0.15, -0.1) is 13.2 Å². The van der Waals surface area contributed by atoms with Crippen LogP contribution in [0.4, 0.5) is 10.5 Å². The van der Waals surface area contributed by atoms with Crippen LogP contribution in [0.3, 0.4) is 0 Å². The van der Waals surface area contributed by atoms with Gasteiger partial charge in [-0.05, 0) is 57.0 Å². The van der Waals surface area contributed by atoms with E-state index in [1.807, 2.05) is 69.3 Å². The lowest BCUT2D eigenvalue weighted by atomic mass is 9.94. The highest BCUT2D eigenvalue weighted by Crippen LogP contribution is 2.30. The van der Waals surface area contributed by atoms with Crippen molar-refractivity contribution in [2.24, 2.45) is 0 Å². The standard InChI is InChI=1S/C27H33NO3/c1-7-12-22(21-14-10-9-11-15-21)20-24(13-8-2)28(26(29)31-27(3,4)5)23-16-18-25(30-6)19-17-23/h7-11,14-20,22H,1-2,12-13H2,3-6H3/b24-20+/t22-/m0/s1. The summed E-state index contributed by atoms with van der Waals surface area (Å²) in [6, 6.07) is 17.6. The molecule has 0 fully saturated rings. The molecule has 0 spiro atoms. The first-order chi connectivity index (χ1) is 14.8. The summed E-state index contributed by atoms with van der Waals surface area (Å²) in [5.41, 5.74) is 2.03. The molecule has 1 amide bonds. The number of rotatable bonds is 9. The number of anilines is 1. The Labute approximate surface area is 186 Å². The smallest absolute Gasteiger partial charge is 0.419 e. The average molecular weight is 420 g/mol. The second kappa shape index (κ2) is 11.2. The fraction of sp³-hybridized carbons (Fsp3) is 0.296. The first-order valence-corrected chi connectivity index (χ1v) is 10.4. The van der Waals surface area contributed by atoms with Gasteiger partial charge < -0.3 is 9.47 Å². The highest BCUT2D eigenvalue weighted by molar-refractivity contribution is 5.91. The Bertz CT molecular complexity index is 892. The maximum absolute atomic E-state index is 13.3. The summed E-state index contributed by atoms with van der Waals surface area (Å²) in [5, 5.41) is 0. The van der Waals surface area contributed by atoms with Crippen molar-refractivity contribution >= 4 is 11.8 Å². The zero-order valence-corrected chi connectivity index (χ0v) is 19.0. The SMILES string of the molecule is C=CC/C(=C\[C@H](CC=C)c1ccccc1)N(C(=O)OC(C)(C)C)c1ccc(OC)cc1. The van der Waals surface area contributed by atoms with Crippen LogP contribution in [-0.2, 0) is 4.74 Å². The van der Waals surface area contributed by atoms with Gasteiger partial charge in [-0.25, -0.2) is 4.79 Å². The molecule has 164 valence electrons. The molecule has 0 bridgehead atoms. The van der Waals surface area contributed by atoms with Gasteiger partial charge in [0.25, 0.3) is 0 Å². The third-order valence-corrected chi connectivity index (χ3v) is 4.59. The van der Waals surface area contributed by atoms with Crippen molar-refractivity contribution in [1.82, 2.24) is 0 Å². The zero-order chi connectivity index (χ0) is 22.9. The number of allylic oxidation sites excluding steroid dienone is 3. The van der Waals surface area contributed by atoms with Gasteiger partial charge in [-0.1, -0.05) is 48.6 Å². The Morgan fingerprint density at radius 2 is 1.68 bits per heavy atom. The van der Waals surface area contributed by atoms with Crippen molar-refractivity contribution in [2.45, 2.75) is 45.1 Å². The van der Waals surface area contributed by atoms with Gasteiger partial charge in [0.15, 0.2) is 0 Å². The Balaban J connectivity index is 2.57. The van der Waals surface area contributed by atoms with E-state index in [-0.39, 0.29) is 5.92 Å². The van der Waals surface area contributed by atoms with Crippen LogP contribution in [0, 0.1) is 0 Å². The van der Waals surface area contributed by atoms with Crippen molar-refractivity contribution in [3.05, 3.63) is 97.2 Å². The number of nitrogens with zero attached hydrogens (tertiary/aromatic N) is 1. The summed E-state index contributed by atoms with van der Waals surface area (Å²) in [7, 11) is 1.61. The Morgan fingerprint density at radius 1 is 1.03 bits per heavy atom. The summed E-state index contributed by atoms with van der Waals surface area (Å²) >= 11 is 0. The molecule has 4 nitrogen and oxygen atoms in total. The molecule has 0 aliphatic heterocycles. The Morgan fingerprint density at radius 3 is 2.19 bits per heavy atom. The monoisotopic (exact) mass is 419 g/mol. The summed E-state index contributed by atoms with van der Waals surface area (Å²) in [5.74, 6) is 0.785. The van der Waals surface area contributed by atoms with Crippen molar-refractivity contribution < 1.29 is 14.3 Å². The topological polar surface area (TPSA) is 38.8 Å². The molecule has 0 saturated heterocycles. The predicted molar refractivity (Wildman–Crippen MR) is 129 cm³/mol. The molecule has 0 aliphatic carbocycles. The number of benzene rings is 2. The summed E-state index contributed by atoms with van der Waals surface area (Å²) < 4.78 is 11.0. The molecular weight excluding hydrogens is 386 g/mol. The summed E-state index contributed by atoms with van der Waals surface area (Å²) in [6.07, 6.45) is 6.61. The number of hydrogen-bond donors (Lipinski definition) is 0. The van der Waals surface area contributed by atoms with E-state index in [1.165, 1.54) is 0 Å². The maximum Gasteiger partial charge on any atom is 0.419 e. The van der Waals surface area contributed by atoms with E-state index >= 15 is 0 Å². The molecule has 0 aromatic heterocycles. The largest absolute Gasteiger partial charge is 0.497 e. The van der Waals surface area contributed by atoms with E-state index < -0.39 is 11.7 Å². The third-order valence-electron chi connectivity index (χ3n) is 4.59. The van der Waals surface area contributed by atoms with E-state index in [1.54, 1.807) is 18.1 Å². The Hall–Kier alpha value is -3.27. The van der Waals surface area contributed by atoms with E-state index in [0.29, 0.717) is 12.1 Å². The fourth-order valence-corrected chi connectivity index (χ4v) is 3.22. The molecule has 0 radical (unpaired) electrons. The molecular formula is C27H33NO3. The second-order valence-corrected chi connectivity index (χ2v) is 8.21. The predicted octanol–water partition coefficient (Wildman–Crippen LogP) is 7.26. The van der Waals surface area contributed by atoms with Crippen LogP contribution in [0.15, 0.2) is 91.7 Å². The first kappa shape index (κ1) is 24.0. The van der Waals surface area contributed by atoms with Gasteiger partial charge in [-0.2, -0.15) is 0 Å². The van der Waals surface area contributed by atoms with Gasteiger partial charge in [0.05, 0.1) is 12.8 Å². The van der Waals surface area contributed by atoms with Gasteiger partial charge in [0, 0.05) is 18.0 Å². The zero-order valence-electron chi connectivity index (χ0n) is 19.0. The van der Waals surface area contributed by atoms with E-state index in [9.17, 15) is 4.79 Å². The minimum absolute atomic E-state index is 0.0665. The summed E-state index contributed by atoms with van der Waals surface area (Å²) in [4.78, 5) is 14.9. The van der Waals surface area contributed by atoms with Crippen LogP contribution in [0.1, 0.15) is 45.1 Å². The van der Waals surface area contributed by atoms with Crippen molar-refractivity contribution in [3.8, 4) is 5.75 Å². The van der Waals surface area contributed by atoms with Crippen LogP contribution in [0.2, 0.25) is 0 Å². The van der Waals surface area contributed by atoms with E-state index in [0.717, 1.165) is 23.4 Å². The lowest BCUT2D eigenvalue weighted by Gasteiger charge is -2.30. The van der Waals surface area contributed by atoms with Crippen molar-refractivity contribution in [2.75, 3.05) is 12.0 Å². The molecule has 2 rings (SSSR count). The first-order valence-electron chi connectivity index (χ1n) is 10.4. The maximum atomic E-state index is 13.3. The minimum atomic E-state index is -0.624. The van der Waals surface area contributed by atoms with Crippen LogP contribution in [0.5, 0.6) is 5.75 Å². The molecule has 0 aliphatic rings. The molecule has 2 aromatic carbocycles. The Kier molecular flexibility index (Phi) is 8.68. The highest BCUT2D eigenvalue weighted by Gasteiger charge is 2.26. The molecule has 0 heterocycles. The minimum Gasteiger partial charge on any atom is -0.497 e. The van der Waals surface area contributed by atoms with Crippen LogP contribution >= 0.6 is 0 Å². The van der Waals surface area contributed by atoms with Gasteiger partial charge >= 0.3 is 6.09 Å². The van der Waals surface area contributed by atoms with Crippen LogP contribution < -0.4 is 9.64 Å². The number of ether oxygens (including phenoxy) is 2.